The number of fused-ring (bicyclic) bond motifs is 2. The Labute approximate surface area is 224 Å². The molecule has 0 bridgehead atoms. The summed E-state index contributed by atoms with van der Waals surface area (Å²) in [6, 6.07) is 9.20. The van der Waals surface area contributed by atoms with Crippen LogP contribution in [0.25, 0.3) is 27.8 Å². The van der Waals surface area contributed by atoms with Crippen molar-refractivity contribution in [2.24, 2.45) is 0 Å². The van der Waals surface area contributed by atoms with Crippen LogP contribution in [0, 0.1) is 25.5 Å². The SMILES string of the molecule is Cc1cccc(C)c1-n1nc2c(c1-c1c(F)cc(Cl)c3[nH]ccc13)CN(c1ncc(C(F)(F)F)cc1F)CC2. The first-order chi connectivity index (χ1) is 18.5. The van der Waals surface area contributed by atoms with Crippen LogP contribution in [0.15, 0.2) is 48.8 Å². The van der Waals surface area contributed by atoms with Crippen molar-refractivity contribution in [3.63, 3.8) is 0 Å². The van der Waals surface area contributed by atoms with Gasteiger partial charge in [-0.1, -0.05) is 29.8 Å². The summed E-state index contributed by atoms with van der Waals surface area (Å²) in [6.45, 7) is 4.21. The zero-order valence-electron chi connectivity index (χ0n) is 20.8. The van der Waals surface area contributed by atoms with E-state index in [9.17, 15) is 17.6 Å². The number of pyridine rings is 1. The van der Waals surface area contributed by atoms with Gasteiger partial charge in [-0.25, -0.2) is 18.4 Å². The molecule has 0 spiro atoms. The number of para-hydroxylation sites is 1. The molecule has 0 saturated carbocycles. The Balaban J connectivity index is 1.57. The van der Waals surface area contributed by atoms with Crippen molar-refractivity contribution >= 4 is 28.3 Å². The molecule has 0 unspecified atom stereocenters. The van der Waals surface area contributed by atoms with Crippen molar-refractivity contribution in [1.29, 1.82) is 0 Å². The van der Waals surface area contributed by atoms with Crippen molar-refractivity contribution in [1.82, 2.24) is 19.7 Å². The maximum Gasteiger partial charge on any atom is 0.417 e. The number of rotatable bonds is 3. The number of halogens is 6. The van der Waals surface area contributed by atoms with Crippen molar-refractivity contribution in [3.8, 4) is 16.9 Å². The summed E-state index contributed by atoms with van der Waals surface area (Å²) in [4.78, 5) is 8.42. The summed E-state index contributed by atoms with van der Waals surface area (Å²) in [5, 5.41) is 5.66. The molecular weight excluding hydrogens is 537 g/mol. The summed E-state index contributed by atoms with van der Waals surface area (Å²) in [6.07, 6.45) is -2.07. The minimum absolute atomic E-state index is 0.0683. The van der Waals surface area contributed by atoms with Crippen LogP contribution in [0.2, 0.25) is 5.02 Å². The van der Waals surface area contributed by atoms with Gasteiger partial charge >= 0.3 is 6.18 Å². The van der Waals surface area contributed by atoms with Gasteiger partial charge in [0.1, 0.15) is 5.82 Å². The first kappa shape index (κ1) is 25.4. The molecule has 0 fully saturated rings. The zero-order valence-corrected chi connectivity index (χ0v) is 21.6. The lowest BCUT2D eigenvalue weighted by atomic mass is 9.97. The second-order valence-corrected chi connectivity index (χ2v) is 10.0. The van der Waals surface area contributed by atoms with Gasteiger partial charge in [-0.2, -0.15) is 18.3 Å². The average molecular weight is 558 g/mol. The molecule has 4 heterocycles. The standard InChI is InChI=1S/C28H21ClF5N5/c1-14-4-3-5-15(2)25(14)39-26(23-17-6-8-35-24(17)19(29)11-20(23)30)18-13-38(9-7-22(18)37-39)27-21(31)10-16(12-36-27)28(32,33)34/h3-6,8,10-12,35H,7,9,13H2,1-2H3. The number of hydrogen-bond donors (Lipinski definition) is 1. The number of benzene rings is 2. The molecule has 6 rings (SSSR count). The van der Waals surface area contributed by atoms with E-state index in [4.69, 9.17) is 16.7 Å². The fourth-order valence-electron chi connectivity index (χ4n) is 5.33. The highest BCUT2D eigenvalue weighted by Gasteiger charge is 2.34. The Bertz CT molecular complexity index is 1730. The maximum atomic E-state index is 15.8. The molecular formula is C28H21ClF5N5. The lowest BCUT2D eigenvalue weighted by Crippen LogP contribution is -2.32. The topological polar surface area (TPSA) is 49.7 Å². The predicted molar refractivity (Wildman–Crippen MR) is 139 cm³/mol. The van der Waals surface area contributed by atoms with Crippen molar-refractivity contribution in [3.05, 3.63) is 93.4 Å². The molecule has 5 nitrogen and oxygen atoms in total. The Kier molecular flexibility index (Phi) is 5.91. The van der Waals surface area contributed by atoms with Gasteiger partial charge in [-0.3, -0.25) is 0 Å². The number of aromatic nitrogens is 4. The van der Waals surface area contributed by atoms with Gasteiger partial charge in [0.25, 0.3) is 0 Å². The molecule has 11 heteroatoms. The largest absolute Gasteiger partial charge is 0.417 e. The third-order valence-corrected chi connectivity index (χ3v) is 7.42. The number of hydrogen-bond acceptors (Lipinski definition) is 3. The normalized spacial score (nSPS) is 13.8. The number of H-pyrrole nitrogens is 1. The van der Waals surface area contributed by atoms with Crippen LogP contribution in [0.3, 0.4) is 0 Å². The number of aryl methyl sites for hydroxylation is 2. The predicted octanol–water partition coefficient (Wildman–Crippen LogP) is 7.55. The number of alkyl halides is 3. The molecule has 0 radical (unpaired) electrons. The van der Waals surface area contributed by atoms with Crippen LogP contribution < -0.4 is 4.90 Å². The van der Waals surface area contributed by atoms with Gasteiger partial charge in [0.2, 0.25) is 0 Å². The molecule has 1 aliphatic rings. The van der Waals surface area contributed by atoms with Crippen LogP contribution >= 0.6 is 11.6 Å². The lowest BCUT2D eigenvalue weighted by molar-refractivity contribution is -0.138. The summed E-state index contributed by atoms with van der Waals surface area (Å²) in [7, 11) is 0. The minimum atomic E-state index is -4.71. The van der Waals surface area contributed by atoms with E-state index < -0.39 is 23.4 Å². The van der Waals surface area contributed by atoms with Crippen molar-refractivity contribution in [2.75, 3.05) is 11.4 Å². The highest BCUT2D eigenvalue weighted by molar-refractivity contribution is 6.35. The number of nitrogens with zero attached hydrogens (tertiary/aromatic N) is 4. The van der Waals surface area contributed by atoms with E-state index in [1.807, 2.05) is 32.0 Å². The van der Waals surface area contributed by atoms with Crippen LogP contribution in [0.4, 0.5) is 27.8 Å². The highest BCUT2D eigenvalue weighted by atomic mass is 35.5. The van der Waals surface area contributed by atoms with Gasteiger partial charge in [0.05, 0.1) is 33.2 Å². The quantitative estimate of drug-likeness (QED) is 0.233. The van der Waals surface area contributed by atoms with E-state index in [1.54, 1.807) is 21.8 Å². The molecule has 5 aromatic rings. The van der Waals surface area contributed by atoms with E-state index in [2.05, 4.69) is 9.97 Å². The molecule has 0 atom stereocenters. The first-order valence-corrected chi connectivity index (χ1v) is 12.5. The smallest absolute Gasteiger partial charge is 0.360 e. The maximum absolute atomic E-state index is 15.8. The Morgan fingerprint density at radius 2 is 1.77 bits per heavy atom. The number of nitrogens with one attached hydrogen (secondary N) is 1. The Morgan fingerprint density at radius 3 is 2.46 bits per heavy atom. The number of aromatic amines is 1. The second-order valence-electron chi connectivity index (χ2n) is 9.61. The minimum Gasteiger partial charge on any atom is -0.360 e. The molecule has 200 valence electrons. The summed E-state index contributed by atoms with van der Waals surface area (Å²) in [5.74, 6) is -1.84. The van der Waals surface area contributed by atoms with Crippen molar-refractivity contribution < 1.29 is 22.0 Å². The first-order valence-electron chi connectivity index (χ1n) is 12.1. The van der Waals surface area contributed by atoms with Crippen LogP contribution in [0.1, 0.15) is 27.9 Å². The zero-order chi connectivity index (χ0) is 27.6. The van der Waals surface area contributed by atoms with E-state index >= 15 is 4.39 Å². The van der Waals surface area contributed by atoms with E-state index in [0.29, 0.717) is 46.5 Å². The van der Waals surface area contributed by atoms with Crippen LogP contribution in [0.5, 0.6) is 0 Å². The molecule has 0 aliphatic carbocycles. The monoisotopic (exact) mass is 557 g/mol. The van der Waals surface area contributed by atoms with E-state index in [-0.39, 0.29) is 29.5 Å². The molecule has 39 heavy (non-hydrogen) atoms. The molecule has 1 N–H and O–H groups in total. The average Bonchev–Trinajstić information content (AvgIpc) is 3.49. The summed E-state index contributed by atoms with van der Waals surface area (Å²) >= 11 is 6.32. The highest BCUT2D eigenvalue weighted by Crippen LogP contribution is 2.42. The third-order valence-electron chi connectivity index (χ3n) is 7.12. The van der Waals surface area contributed by atoms with Gasteiger partial charge in [-0.05, 0) is 43.2 Å². The van der Waals surface area contributed by atoms with E-state index in [1.165, 1.54) is 6.07 Å². The second kappa shape index (κ2) is 9.08. The number of anilines is 1. The Morgan fingerprint density at radius 1 is 1.03 bits per heavy atom. The van der Waals surface area contributed by atoms with Gasteiger partial charge in [0.15, 0.2) is 11.6 Å². The van der Waals surface area contributed by atoms with E-state index in [0.717, 1.165) is 16.8 Å². The van der Waals surface area contributed by atoms with Gasteiger partial charge in [-0.15, -0.1) is 0 Å². The fourth-order valence-corrected chi connectivity index (χ4v) is 5.58. The molecule has 0 amide bonds. The van der Waals surface area contributed by atoms with Crippen molar-refractivity contribution in [2.45, 2.75) is 33.0 Å². The summed E-state index contributed by atoms with van der Waals surface area (Å²) < 4.78 is 71.7. The third kappa shape index (κ3) is 4.14. The molecule has 3 aromatic heterocycles. The van der Waals surface area contributed by atoms with Gasteiger partial charge in [0, 0.05) is 48.4 Å². The molecule has 0 saturated heterocycles. The van der Waals surface area contributed by atoms with Crippen LogP contribution in [-0.4, -0.2) is 26.3 Å². The Hall–Kier alpha value is -3.92. The molecule has 1 aliphatic heterocycles. The lowest BCUT2D eigenvalue weighted by Gasteiger charge is -2.28. The van der Waals surface area contributed by atoms with Crippen LogP contribution in [-0.2, 0) is 19.1 Å². The van der Waals surface area contributed by atoms with Gasteiger partial charge < -0.3 is 9.88 Å². The summed E-state index contributed by atoms with van der Waals surface area (Å²) in [5.41, 5.74) is 4.08. The molecule has 2 aromatic carbocycles. The fraction of sp³-hybridized carbons (Fsp3) is 0.214.